The Kier molecular flexibility index (Phi) is 12.9. The van der Waals surface area contributed by atoms with Gasteiger partial charge in [0.25, 0.3) is 0 Å². The summed E-state index contributed by atoms with van der Waals surface area (Å²) in [5, 5.41) is 9.15. The molecule has 0 bridgehead atoms. The Balaban J connectivity index is 1.49. The zero-order valence-corrected chi connectivity index (χ0v) is 24.6. The van der Waals surface area contributed by atoms with Gasteiger partial charge in [0, 0.05) is 11.5 Å². The number of benzene rings is 1. The summed E-state index contributed by atoms with van der Waals surface area (Å²) < 4.78 is 25.6. The van der Waals surface area contributed by atoms with Gasteiger partial charge in [-0.25, -0.2) is 14.0 Å². The number of aliphatic hydroxyl groups is 1. The van der Waals surface area contributed by atoms with Crippen LogP contribution in [0, 0.1) is 29.5 Å². The fourth-order valence-corrected chi connectivity index (χ4v) is 6.57. The van der Waals surface area contributed by atoms with Crippen molar-refractivity contribution in [1.82, 2.24) is 0 Å². The van der Waals surface area contributed by atoms with E-state index in [-0.39, 0.29) is 30.5 Å². The maximum Gasteiger partial charge on any atom is 0.335 e. The van der Waals surface area contributed by atoms with E-state index in [9.17, 15) is 14.0 Å². The third kappa shape index (κ3) is 9.29. The lowest BCUT2D eigenvalue weighted by atomic mass is 9.67. The SMILES string of the molecule is C=C(C)C(=O)OCC(COC(=O)C(=C)CO)C1CCC(C2CCC(c3ccc(CCCCC)c(F)c3)CC2)CC1. The molecule has 5 nitrogen and oxygen atoms in total. The number of unbranched alkanes of at least 4 members (excludes halogenated alkanes) is 2. The average Bonchev–Trinajstić information content (AvgIpc) is 2.97. The molecule has 0 saturated heterocycles. The molecule has 0 amide bonds. The summed E-state index contributed by atoms with van der Waals surface area (Å²) >= 11 is 0. The second-order valence-corrected chi connectivity index (χ2v) is 12.1. The van der Waals surface area contributed by atoms with Crippen molar-refractivity contribution in [2.75, 3.05) is 19.8 Å². The summed E-state index contributed by atoms with van der Waals surface area (Å²) in [4.78, 5) is 24.1. The Morgan fingerprint density at radius 2 is 1.55 bits per heavy atom. The standard InChI is InChI=1S/C34H49FO5/c1-5-6-7-8-29-17-18-30(19-32(29)35)27-13-9-25(10-14-27)26-11-15-28(16-12-26)31(21-39-33(37)23(2)3)22-40-34(38)24(4)20-36/h17-19,25-28,31,36H,2,4-16,20-22H2,1,3H3. The number of hydrogen-bond donors (Lipinski definition) is 1. The lowest BCUT2D eigenvalue weighted by molar-refractivity contribution is -0.146. The minimum absolute atomic E-state index is 0.0163. The van der Waals surface area contributed by atoms with E-state index in [1.165, 1.54) is 12.8 Å². The molecule has 0 aromatic heterocycles. The molecule has 0 spiro atoms. The van der Waals surface area contributed by atoms with Crippen LogP contribution in [0.1, 0.15) is 102 Å². The molecule has 0 radical (unpaired) electrons. The van der Waals surface area contributed by atoms with Crippen LogP contribution in [0.25, 0.3) is 0 Å². The zero-order chi connectivity index (χ0) is 29.1. The fourth-order valence-electron chi connectivity index (χ4n) is 6.57. The highest BCUT2D eigenvalue weighted by molar-refractivity contribution is 5.88. The number of carbonyl (C=O) groups is 2. The van der Waals surface area contributed by atoms with Crippen LogP contribution >= 0.6 is 0 Å². The summed E-state index contributed by atoms with van der Waals surface area (Å²) in [7, 11) is 0. The average molecular weight is 557 g/mol. The first-order valence-corrected chi connectivity index (χ1v) is 15.3. The first kappa shape index (κ1) is 32.0. The van der Waals surface area contributed by atoms with Gasteiger partial charge >= 0.3 is 11.9 Å². The highest BCUT2D eigenvalue weighted by Crippen LogP contribution is 2.45. The van der Waals surface area contributed by atoms with Crippen LogP contribution < -0.4 is 0 Å². The number of ether oxygens (including phenoxy) is 2. The van der Waals surface area contributed by atoms with Crippen molar-refractivity contribution >= 4 is 11.9 Å². The molecule has 40 heavy (non-hydrogen) atoms. The van der Waals surface area contributed by atoms with Crippen LogP contribution in [0.2, 0.25) is 0 Å². The van der Waals surface area contributed by atoms with Crippen LogP contribution in [0.5, 0.6) is 0 Å². The predicted octanol–water partition coefficient (Wildman–Crippen LogP) is 7.47. The summed E-state index contributed by atoms with van der Waals surface area (Å²) in [6.45, 7) is 10.8. The summed E-state index contributed by atoms with van der Waals surface area (Å²) in [6.07, 6.45) is 13.0. The third-order valence-corrected chi connectivity index (χ3v) is 9.20. The van der Waals surface area contributed by atoms with Crippen LogP contribution in [-0.4, -0.2) is 36.9 Å². The summed E-state index contributed by atoms with van der Waals surface area (Å²) in [6, 6.07) is 5.96. The number of carbonyl (C=O) groups excluding carboxylic acids is 2. The van der Waals surface area contributed by atoms with Crippen molar-refractivity contribution < 1.29 is 28.6 Å². The van der Waals surface area contributed by atoms with Gasteiger partial charge in [0.15, 0.2) is 0 Å². The molecule has 3 rings (SSSR count). The van der Waals surface area contributed by atoms with E-state index in [1.54, 1.807) is 13.0 Å². The predicted molar refractivity (Wildman–Crippen MR) is 156 cm³/mol. The molecule has 1 aromatic rings. The topological polar surface area (TPSA) is 72.8 Å². The quantitative estimate of drug-likeness (QED) is 0.146. The third-order valence-electron chi connectivity index (χ3n) is 9.20. The summed E-state index contributed by atoms with van der Waals surface area (Å²) in [5.41, 5.74) is 2.37. The molecule has 0 aliphatic heterocycles. The van der Waals surface area contributed by atoms with E-state index in [0.717, 1.165) is 75.3 Å². The molecule has 2 saturated carbocycles. The highest BCUT2D eigenvalue weighted by atomic mass is 19.1. The maximum atomic E-state index is 14.7. The van der Waals surface area contributed by atoms with Gasteiger partial charge in [0.2, 0.25) is 0 Å². The van der Waals surface area contributed by atoms with E-state index in [1.807, 2.05) is 6.07 Å². The first-order valence-electron chi connectivity index (χ1n) is 15.3. The number of rotatable bonds is 14. The van der Waals surface area contributed by atoms with Gasteiger partial charge in [0.05, 0.1) is 25.4 Å². The van der Waals surface area contributed by atoms with Crippen LogP contribution in [-0.2, 0) is 25.5 Å². The second-order valence-electron chi connectivity index (χ2n) is 12.1. The first-order chi connectivity index (χ1) is 19.2. The molecular formula is C34H49FO5. The molecule has 1 unspecified atom stereocenters. The van der Waals surface area contributed by atoms with Crippen LogP contribution in [0.4, 0.5) is 4.39 Å². The Labute approximate surface area is 240 Å². The lowest BCUT2D eigenvalue weighted by Gasteiger charge is -2.39. The molecule has 2 aliphatic rings. The molecule has 1 N–H and O–H groups in total. The van der Waals surface area contributed by atoms with Gasteiger partial charge in [-0.3, -0.25) is 0 Å². The molecule has 1 atom stereocenters. The number of halogens is 1. The van der Waals surface area contributed by atoms with E-state index in [2.05, 4.69) is 26.1 Å². The zero-order valence-electron chi connectivity index (χ0n) is 24.6. The molecule has 0 heterocycles. The molecule has 2 fully saturated rings. The minimum Gasteiger partial charge on any atom is -0.462 e. The van der Waals surface area contributed by atoms with E-state index in [0.29, 0.717) is 29.2 Å². The molecular weight excluding hydrogens is 507 g/mol. The molecule has 222 valence electrons. The van der Waals surface area contributed by atoms with Gasteiger partial charge in [-0.15, -0.1) is 0 Å². The van der Waals surface area contributed by atoms with Crippen molar-refractivity contribution in [2.45, 2.75) is 96.8 Å². The van der Waals surface area contributed by atoms with Gasteiger partial charge in [0.1, 0.15) is 5.82 Å². The number of esters is 2. The Bertz CT molecular complexity index is 1000. The van der Waals surface area contributed by atoms with Gasteiger partial charge < -0.3 is 14.6 Å². The van der Waals surface area contributed by atoms with Gasteiger partial charge in [-0.2, -0.15) is 0 Å². The van der Waals surface area contributed by atoms with Gasteiger partial charge in [-0.1, -0.05) is 45.1 Å². The van der Waals surface area contributed by atoms with Crippen molar-refractivity contribution in [2.24, 2.45) is 23.7 Å². The largest absolute Gasteiger partial charge is 0.462 e. The second kappa shape index (κ2) is 16.1. The van der Waals surface area contributed by atoms with Crippen molar-refractivity contribution in [3.05, 3.63) is 59.4 Å². The van der Waals surface area contributed by atoms with Crippen molar-refractivity contribution in [3.63, 3.8) is 0 Å². The summed E-state index contributed by atoms with van der Waals surface area (Å²) in [5.74, 6) is 0.912. The normalized spacial score (nSPS) is 23.7. The Morgan fingerprint density at radius 3 is 2.10 bits per heavy atom. The highest BCUT2D eigenvalue weighted by Gasteiger charge is 2.34. The number of hydrogen-bond acceptors (Lipinski definition) is 5. The molecule has 6 heteroatoms. The van der Waals surface area contributed by atoms with E-state index >= 15 is 0 Å². The van der Waals surface area contributed by atoms with Crippen LogP contribution in [0.15, 0.2) is 42.5 Å². The van der Waals surface area contributed by atoms with Crippen LogP contribution in [0.3, 0.4) is 0 Å². The monoisotopic (exact) mass is 556 g/mol. The lowest BCUT2D eigenvalue weighted by Crippen LogP contribution is -2.33. The minimum atomic E-state index is -0.616. The fraction of sp³-hybridized carbons (Fsp3) is 0.647. The van der Waals surface area contributed by atoms with E-state index < -0.39 is 18.5 Å². The number of aliphatic hydroxyl groups excluding tert-OH is 1. The molecule has 1 aromatic carbocycles. The maximum absolute atomic E-state index is 14.7. The number of aryl methyl sites for hydroxylation is 1. The smallest absolute Gasteiger partial charge is 0.335 e. The van der Waals surface area contributed by atoms with Crippen molar-refractivity contribution in [3.8, 4) is 0 Å². The Hall–Kier alpha value is -2.47. The van der Waals surface area contributed by atoms with Gasteiger partial charge in [-0.05, 0) is 112 Å². The van der Waals surface area contributed by atoms with E-state index in [4.69, 9.17) is 14.6 Å². The van der Waals surface area contributed by atoms with Crippen molar-refractivity contribution in [1.29, 1.82) is 0 Å². The molecule has 2 aliphatic carbocycles. The Morgan fingerprint density at radius 1 is 0.950 bits per heavy atom.